The van der Waals surface area contributed by atoms with E-state index in [1.165, 1.54) is 16.4 Å². The van der Waals surface area contributed by atoms with Gasteiger partial charge in [0.05, 0.1) is 11.4 Å². The maximum Gasteiger partial charge on any atom is 0.243 e. The Kier molecular flexibility index (Phi) is 6.95. The van der Waals surface area contributed by atoms with Crippen LogP contribution in [0.1, 0.15) is 24.0 Å². The number of hydrogen-bond donors (Lipinski definition) is 2. The molecule has 1 atom stereocenters. The Balaban J connectivity index is 1.64. The van der Waals surface area contributed by atoms with Crippen molar-refractivity contribution < 1.29 is 18.0 Å². The third-order valence-corrected chi connectivity index (χ3v) is 7.55. The molecule has 1 fully saturated rings. The molecule has 2 aromatic rings. The molecule has 1 saturated heterocycles. The van der Waals surface area contributed by atoms with Crippen LogP contribution in [0.5, 0.6) is 0 Å². The largest absolute Gasteiger partial charge is 0.346 e. The van der Waals surface area contributed by atoms with E-state index in [-0.39, 0.29) is 23.9 Å². The molecule has 0 radical (unpaired) electrons. The number of para-hydroxylation sites is 1. The zero-order valence-electron chi connectivity index (χ0n) is 16.8. The number of rotatable bonds is 6. The topological polar surface area (TPSA) is 95.6 Å². The van der Waals surface area contributed by atoms with Gasteiger partial charge in [-0.2, -0.15) is 4.31 Å². The first-order valence-electron chi connectivity index (χ1n) is 9.61. The number of anilines is 1. The van der Waals surface area contributed by atoms with Crippen molar-refractivity contribution in [2.45, 2.75) is 37.6 Å². The molecule has 9 heteroatoms. The Morgan fingerprint density at radius 2 is 1.73 bits per heavy atom. The number of aryl methyl sites for hydroxylation is 2. The maximum atomic E-state index is 13.0. The fourth-order valence-electron chi connectivity index (χ4n) is 3.51. The highest BCUT2D eigenvalue weighted by molar-refractivity contribution is 9.10. The highest BCUT2D eigenvalue weighted by atomic mass is 79.9. The van der Waals surface area contributed by atoms with E-state index >= 15 is 0 Å². The molecule has 2 amide bonds. The van der Waals surface area contributed by atoms with E-state index in [2.05, 4.69) is 26.6 Å². The van der Waals surface area contributed by atoms with Gasteiger partial charge < -0.3 is 10.6 Å². The number of nitrogens with zero attached hydrogens (tertiary/aromatic N) is 1. The molecule has 1 heterocycles. The molecule has 2 aromatic carbocycles. The molecule has 160 valence electrons. The summed E-state index contributed by atoms with van der Waals surface area (Å²) in [7, 11) is -3.80. The van der Waals surface area contributed by atoms with Gasteiger partial charge in [-0.25, -0.2) is 8.42 Å². The van der Waals surface area contributed by atoms with Crippen molar-refractivity contribution in [1.82, 2.24) is 9.62 Å². The van der Waals surface area contributed by atoms with Gasteiger partial charge in [0, 0.05) is 16.7 Å². The van der Waals surface area contributed by atoms with Crippen LogP contribution in [0.3, 0.4) is 0 Å². The number of amides is 2. The minimum Gasteiger partial charge on any atom is -0.346 e. The van der Waals surface area contributed by atoms with E-state index in [0.29, 0.717) is 12.8 Å². The standard InChI is InChI=1S/C21H24BrN3O4S/c1-14-5-3-6-15(2)20(14)24-19(26)13-23-21(27)18-7-4-12-25(18)30(28,29)17-10-8-16(22)9-11-17/h3,5-6,8-11,18H,4,7,12-13H2,1-2H3,(H,23,27)(H,24,26). The monoisotopic (exact) mass is 493 g/mol. The predicted octanol–water partition coefficient (Wildman–Crippen LogP) is 2.97. The predicted molar refractivity (Wildman–Crippen MR) is 119 cm³/mol. The zero-order valence-corrected chi connectivity index (χ0v) is 19.2. The quantitative estimate of drug-likeness (QED) is 0.646. The van der Waals surface area contributed by atoms with Crippen LogP contribution < -0.4 is 10.6 Å². The molecular weight excluding hydrogens is 470 g/mol. The van der Waals surface area contributed by atoms with E-state index in [4.69, 9.17) is 0 Å². The molecule has 0 spiro atoms. The molecule has 1 aliphatic heterocycles. The smallest absolute Gasteiger partial charge is 0.243 e. The van der Waals surface area contributed by atoms with E-state index in [1.54, 1.807) is 12.1 Å². The lowest BCUT2D eigenvalue weighted by Gasteiger charge is -2.23. The third kappa shape index (κ3) is 4.91. The van der Waals surface area contributed by atoms with Gasteiger partial charge in [0.15, 0.2) is 0 Å². The molecule has 30 heavy (non-hydrogen) atoms. The van der Waals surface area contributed by atoms with Crippen molar-refractivity contribution in [1.29, 1.82) is 0 Å². The first kappa shape index (κ1) is 22.5. The average molecular weight is 494 g/mol. The Morgan fingerprint density at radius 3 is 2.37 bits per heavy atom. The van der Waals surface area contributed by atoms with E-state index in [9.17, 15) is 18.0 Å². The van der Waals surface area contributed by atoms with Crippen LogP contribution >= 0.6 is 15.9 Å². The lowest BCUT2D eigenvalue weighted by atomic mass is 10.1. The highest BCUT2D eigenvalue weighted by Crippen LogP contribution is 2.27. The van der Waals surface area contributed by atoms with Gasteiger partial charge in [0.25, 0.3) is 0 Å². The summed E-state index contributed by atoms with van der Waals surface area (Å²) in [6.07, 6.45) is 1.00. The SMILES string of the molecule is Cc1cccc(C)c1NC(=O)CNC(=O)C1CCCN1S(=O)(=O)c1ccc(Br)cc1. The van der Waals surface area contributed by atoms with Crippen LogP contribution in [0.2, 0.25) is 0 Å². The van der Waals surface area contributed by atoms with Crippen molar-refractivity contribution >= 4 is 43.5 Å². The van der Waals surface area contributed by atoms with Gasteiger partial charge in [-0.15, -0.1) is 0 Å². The molecule has 0 aromatic heterocycles. The second-order valence-corrected chi connectivity index (χ2v) is 10.1. The summed E-state index contributed by atoms with van der Waals surface area (Å²) in [6.45, 7) is 3.83. The van der Waals surface area contributed by atoms with Gasteiger partial charge in [-0.1, -0.05) is 34.1 Å². The summed E-state index contributed by atoms with van der Waals surface area (Å²) in [5.74, 6) is -0.828. The normalized spacial score (nSPS) is 17.0. The number of sulfonamides is 1. The van der Waals surface area contributed by atoms with E-state index < -0.39 is 22.0 Å². The summed E-state index contributed by atoms with van der Waals surface area (Å²) in [5, 5.41) is 5.39. The molecule has 1 aliphatic rings. The van der Waals surface area contributed by atoms with Crippen molar-refractivity contribution in [2.75, 3.05) is 18.4 Å². The van der Waals surface area contributed by atoms with Crippen LogP contribution in [-0.4, -0.2) is 43.7 Å². The Morgan fingerprint density at radius 1 is 1.10 bits per heavy atom. The Bertz CT molecular complexity index is 1030. The number of benzene rings is 2. The summed E-state index contributed by atoms with van der Waals surface area (Å²) >= 11 is 3.29. The molecule has 2 N–H and O–H groups in total. The van der Waals surface area contributed by atoms with Crippen LogP contribution in [0.4, 0.5) is 5.69 Å². The van der Waals surface area contributed by atoms with E-state index in [1.807, 2.05) is 32.0 Å². The van der Waals surface area contributed by atoms with Crippen LogP contribution in [0.25, 0.3) is 0 Å². The number of carbonyl (C=O) groups is 2. The first-order valence-corrected chi connectivity index (χ1v) is 11.8. The molecule has 3 rings (SSSR count). The van der Waals surface area contributed by atoms with Crippen molar-refractivity contribution in [3.8, 4) is 0 Å². The molecule has 0 bridgehead atoms. The van der Waals surface area contributed by atoms with Gasteiger partial charge >= 0.3 is 0 Å². The second-order valence-electron chi connectivity index (χ2n) is 7.26. The molecule has 0 saturated carbocycles. The van der Waals surface area contributed by atoms with Crippen molar-refractivity contribution in [3.05, 3.63) is 58.1 Å². The van der Waals surface area contributed by atoms with Gasteiger partial charge in [-0.3, -0.25) is 9.59 Å². The molecule has 1 unspecified atom stereocenters. The number of carbonyl (C=O) groups excluding carboxylic acids is 2. The molecule has 7 nitrogen and oxygen atoms in total. The number of halogens is 1. The van der Waals surface area contributed by atoms with Crippen molar-refractivity contribution in [3.63, 3.8) is 0 Å². The van der Waals surface area contributed by atoms with Gasteiger partial charge in [-0.05, 0) is 62.1 Å². The minimum absolute atomic E-state index is 0.137. The molecular formula is C21H24BrN3O4S. The van der Waals surface area contributed by atoms with Crippen molar-refractivity contribution in [2.24, 2.45) is 0 Å². The van der Waals surface area contributed by atoms with Crippen LogP contribution in [0, 0.1) is 13.8 Å². The second kappa shape index (κ2) is 9.28. The fraction of sp³-hybridized carbons (Fsp3) is 0.333. The summed E-state index contributed by atoms with van der Waals surface area (Å²) < 4.78 is 27.9. The average Bonchev–Trinajstić information content (AvgIpc) is 3.20. The zero-order chi connectivity index (χ0) is 21.9. The summed E-state index contributed by atoms with van der Waals surface area (Å²) in [5.41, 5.74) is 2.58. The maximum absolute atomic E-state index is 13.0. The fourth-order valence-corrected chi connectivity index (χ4v) is 5.43. The number of hydrogen-bond acceptors (Lipinski definition) is 4. The summed E-state index contributed by atoms with van der Waals surface area (Å²) in [6, 6.07) is 11.2. The molecule has 0 aliphatic carbocycles. The Hall–Kier alpha value is -2.23. The summed E-state index contributed by atoms with van der Waals surface area (Å²) in [4.78, 5) is 25.1. The van der Waals surface area contributed by atoms with Gasteiger partial charge in [0.1, 0.15) is 6.04 Å². The van der Waals surface area contributed by atoms with Crippen LogP contribution in [-0.2, 0) is 19.6 Å². The third-order valence-electron chi connectivity index (χ3n) is 5.10. The van der Waals surface area contributed by atoms with Gasteiger partial charge in [0.2, 0.25) is 21.8 Å². The minimum atomic E-state index is -3.80. The van der Waals surface area contributed by atoms with E-state index in [0.717, 1.165) is 21.3 Å². The van der Waals surface area contributed by atoms with Crippen LogP contribution in [0.15, 0.2) is 51.8 Å². The lowest BCUT2D eigenvalue weighted by Crippen LogP contribution is -2.47. The lowest BCUT2D eigenvalue weighted by molar-refractivity contribution is -0.126. The highest BCUT2D eigenvalue weighted by Gasteiger charge is 2.39. The Labute approximate surface area is 185 Å². The number of nitrogens with one attached hydrogen (secondary N) is 2. The first-order chi connectivity index (χ1) is 14.2.